The molecule has 1 aliphatic heterocycles. The van der Waals surface area contributed by atoms with Crippen LogP contribution in [0, 0.1) is 0 Å². The van der Waals surface area contributed by atoms with Crippen LogP contribution < -0.4 is 5.56 Å². The Hall–Kier alpha value is -2.75. The Morgan fingerprint density at radius 1 is 1.06 bits per heavy atom. The first kappa shape index (κ1) is 21.1. The molecule has 0 aliphatic carbocycles. The molecule has 0 bridgehead atoms. The number of alkyl halides is 3. The molecule has 164 valence electrons. The first-order valence-electron chi connectivity index (χ1n) is 10.0. The van der Waals surface area contributed by atoms with E-state index in [-0.39, 0.29) is 5.56 Å². The molecule has 0 saturated carbocycles. The largest absolute Gasteiger partial charge is 0.416 e. The van der Waals surface area contributed by atoms with Crippen molar-refractivity contribution in [1.82, 2.24) is 14.9 Å². The molecule has 5 rings (SSSR count). The van der Waals surface area contributed by atoms with E-state index in [1.807, 2.05) is 29.6 Å². The zero-order chi connectivity index (χ0) is 22.3. The van der Waals surface area contributed by atoms with Crippen LogP contribution in [0.5, 0.6) is 0 Å². The maximum absolute atomic E-state index is 12.8. The van der Waals surface area contributed by atoms with E-state index < -0.39 is 11.7 Å². The minimum absolute atomic E-state index is 0.0975. The molecule has 0 unspecified atom stereocenters. The van der Waals surface area contributed by atoms with Gasteiger partial charge in [0.2, 0.25) is 0 Å². The van der Waals surface area contributed by atoms with Crippen molar-refractivity contribution in [3.63, 3.8) is 0 Å². The topological polar surface area (TPSA) is 49.0 Å². The zero-order valence-electron chi connectivity index (χ0n) is 16.8. The van der Waals surface area contributed by atoms with Crippen LogP contribution in [0.3, 0.4) is 0 Å². The highest BCUT2D eigenvalue weighted by molar-refractivity contribution is 7.15. The molecule has 0 saturated heterocycles. The summed E-state index contributed by atoms with van der Waals surface area (Å²) in [5, 5.41) is 1.95. The van der Waals surface area contributed by atoms with Crippen molar-refractivity contribution in [3.05, 3.63) is 86.0 Å². The van der Waals surface area contributed by atoms with Gasteiger partial charge in [0.1, 0.15) is 0 Å². The van der Waals surface area contributed by atoms with E-state index in [2.05, 4.69) is 14.9 Å². The molecule has 0 atom stereocenters. The van der Waals surface area contributed by atoms with Gasteiger partial charge < -0.3 is 4.98 Å². The number of fused-ring (bicyclic) bond motifs is 1. The lowest BCUT2D eigenvalue weighted by Gasteiger charge is -2.27. The molecule has 1 aromatic carbocycles. The summed E-state index contributed by atoms with van der Waals surface area (Å²) in [7, 11) is 0. The Kier molecular flexibility index (Phi) is 5.48. The van der Waals surface area contributed by atoms with Gasteiger partial charge in [-0.25, -0.2) is 4.98 Å². The van der Waals surface area contributed by atoms with Gasteiger partial charge in [-0.1, -0.05) is 18.2 Å². The molecule has 0 spiro atoms. The SMILES string of the molecule is O=c1[nH]c(-c2cccs2)nc2c1CN(Cc1ccc(-c3ccc(C(F)(F)F)cc3)s1)CC2. The molecule has 0 fully saturated rings. The molecular weight excluding hydrogens is 455 g/mol. The molecule has 9 heteroatoms. The number of hydrogen-bond donors (Lipinski definition) is 1. The zero-order valence-corrected chi connectivity index (χ0v) is 18.4. The van der Waals surface area contributed by atoms with E-state index in [1.54, 1.807) is 22.7 Å². The molecule has 4 aromatic rings. The number of aromatic amines is 1. The van der Waals surface area contributed by atoms with Crippen LogP contribution in [0.15, 0.2) is 58.7 Å². The van der Waals surface area contributed by atoms with Gasteiger partial charge in [0, 0.05) is 35.8 Å². The number of rotatable bonds is 4. The van der Waals surface area contributed by atoms with Gasteiger partial charge in [-0.15, -0.1) is 22.7 Å². The van der Waals surface area contributed by atoms with Crippen molar-refractivity contribution in [2.24, 2.45) is 0 Å². The minimum atomic E-state index is -4.33. The van der Waals surface area contributed by atoms with Crippen LogP contribution >= 0.6 is 22.7 Å². The predicted octanol–water partition coefficient (Wildman–Crippen LogP) is 5.80. The number of thiophene rings is 2. The average molecular weight is 474 g/mol. The van der Waals surface area contributed by atoms with Crippen molar-refractivity contribution in [3.8, 4) is 21.1 Å². The highest BCUT2D eigenvalue weighted by Crippen LogP contribution is 2.34. The second-order valence-corrected chi connectivity index (χ2v) is 9.73. The molecule has 3 aromatic heterocycles. The van der Waals surface area contributed by atoms with E-state index in [0.29, 0.717) is 30.9 Å². The fourth-order valence-corrected chi connectivity index (χ4v) is 5.53. The van der Waals surface area contributed by atoms with Crippen LogP contribution in [0.2, 0.25) is 0 Å². The number of nitrogens with zero attached hydrogens (tertiary/aromatic N) is 2. The number of hydrogen-bond acceptors (Lipinski definition) is 5. The second kappa shape index (κ2) is 8.31. The smallest absolute Gasteiger partial charge is 0.306 e. The van der Waals surface area contributed by atoms with Crippen LogP contribution in [0.4, 0.5) is 13.2 Å². The molecule has 1 N–H and O–H groups in total. The average Bonchev–Trinajstić information content (AvgIpc) is 3.46. The van der Waals surface area contributed by atoms with Crippen LogP contribution in [-0.4, -0.2) is 21.4 Å². The fraction of sp³-hybridized carbons (Fsp3) is 0.217. The van der Waals surface area contributed by atoms with Gasteiger partial charge in [0.05, 0.1) is 21.7 Å². The predicted molar refractivity (Wildman–Crippen MR) is 121 cm³/mol. The van der Waals surface area contributed by atoms with Crippen LogP contribution in [0.1, 0.15) is 21.7 Å². The van der Waals surface area contributed by atoms with E-state index in [9.17, 15) is 18.0 Å². The minimum Gasteiger partial charge on any atom is -0.306 e. The maximum atomic E-state index is 12.8. The summed E-state index contributed by atoms with van der Waals surface area (Å²) in [5.41, 5.74) is 1.58. The number of H-pyrrole nitrogens is 1. The lowest BCUT2D eigenvalue weighted by Crippen LogP contribution is -2.35. The van der Waals surface area contributed by atoms with Gasteiger partial charge in [-0.2, -0.15) is 13.2 Å². The Morgan fingerprint density at radius 3 is 2.59 bits per heavy atom. The maximum Gasteiger partial charge on any atom is 0.416 e. The van der Waals surface area contributed by atoms with Gasteiger partial charge in [0.15, 0.2) is 5.82 Å². The quantitative estimate of drug-likeness (QED) is 0.407. The summed E-state index contributed by atoms with van der Waals surface area (Å²) in [6.45, 7) is 1.99. The van der Waals surface area contributed by atoms with Crippen molar-refractivity contribution in [2.75, 3.05) is 6.54 Å². The fourth-order valence-electron chi connectivity index (χ4n) is 3.81. The standard InChI is InChI=1S/C23H18F3N3OS2/c24-23(25,26)15-5-3-14(4-6-15)19-8-7-16(32-19)12-29-10-9-18-17(13-29)22(30)28-21(27-18)20-2-1-11-31-20/h1-8,11H,9-10,12-13H2,(H,27,28,30). The normalized spacial score (nSPS) is 14.5. The van der Waals surface area contributed by atoms with Crippen molar-refractivity contribution in [2.45, 2.75) is 25.7 Å². The molecule has 1 aliphatic rings. The first-order valence-corrected chi connectivity index (χ1v) is 11.7. The van der Waals surface area contributed by atoms with E-state index in [0.717, 1.165) is 44.6 Å². The van der Waals surface area contributed by atoms with Crippen molar-refractivity contribution >= 4 is 22.7 Å². The summed E-state index contributed by atoms with van der Waals surface area (Å²) >= 11 is 3.10. The summed E-state index contributed by atoms with van der Waals surface area (Å²) in [5.74, 6) is 0.622. The third kappa shape index (κ3) is 4.28. The van der Waals surface area contributed by atoms with Gasteiger partial charge in [0.25, 0.3) is 5.56 Å². The Labute approximate surface area is 190 Å². The first-order chi connectivity index (χ1) is 15.4. The summed E-state index contributed by atoms with van der Waals surface area (Å²) < 4.78 is 38.3. The monoisotopic (exact) mass is 473 g/mol. The van der Waals surface area contributed by atoms with Gasteiger partial charge in [-0.3, -0.25) is 9.69 Å². The van der Waals surface area contributed by atoms with Crippen LogP contribution in [-0.2, 0) is 25.7 Å². The molecule has 4 heterocycles. The van der Waals surface area contributed by atoms with Gasteiger partial charge >= 0.3 is 6.18 Å². The number of aromatic nitrogens is 2. The Morgan fingerprint density at radius 2 is 1.88 bits per heavy atom. The Bertz CT molecular complexity index is 1290. The molecule has 0 amide bonds. The van der Waals surface area contributed by atoms with Crippen molar-refractivity contribution in [1.29, 1.82) is 0 Å². The lowest BCUT2D eigenvalue weighted by molar-refractivity contribution is -0.137. The lowest BCUT2D eigenvalue weighted by atomic mass is 10.1. The Balaban J connectivity index is 1.30. The number of halogens is 3. The third-order valence-electron chi connectivity index (χ3n) is 5.44. The molecule has 4 nitrogen and oxygen atoms in total. The van der Waals surface area contributed by atoms with E-state index in [4.69, 9.17) is 0 Å². The molecule has 0 radical (unpaired) electrons. The van der Waals surface area contributed by atoms with Crippen molar-refractivity contribution < 1.29 is 13.2 Å². The van der Waals surface area contributed by atoms with E-state index >= 15 is 0 Å². The second-order valence-electron chi connectivity index (χ2n) is 7.62. The van der Waals surface area contributed by atoms with E-state index in [1.165, 1.54) is 12.1 Å². The highest BCUT2D eigenvalue weighted by Gasteiger charge is 2.30. The third-order valence-corrected chi connectivity index (χ3v) is 7.44. The van der Waals surface area contributed by atoms with Gasteiger partial charge in [-0.05, 0) is 41.3 Å². The highest BCUT2D eigenvalue weighted by atomic mass is 32.1. The molecular formula is C23H18F3N3OS2. The summed E-state index contributed by atoms with van der Waals surface area (Å²) in [4.78, 5) is 25.4. The van der Waals surface area contributed by atoms with Crippen LogP contribution in [0.25, 0.3) is 21.1 Å². The molecule has 32 heavy (non-hydrogen) atoms. The summed E-state index contributed by atoms with van der Waals surface area (Å²) in [6, 6.07) is 13.0. The summed E-state index contributed by atoms with van der Waals surface area (Å²) in [6.07, 6.45) is -3.63. The number of benzene rings is 1. The number of nitrogens with one attached hydrogen (secondary N) is 1.